The van der Waals surface area contributed by atoms with Crippen molar-refractivity contribution in [1.29, 1.82) is 0 Å². The molecule has 0 aliphatic rings. The van der Waals surface area contributed by atoms with Crippen molar-refractivity contribution < 1.29 is 13.9 Å². The number of benzene rings is 2. The number of hydrogen-bond acceptors (Lipinski definition) is 6. The van der Waals surface area contributed by atoms with E-state index >= 15 is 0 Å². The number of anilines is 1. The van der Waals surface area contributed by atoms with Gasteiger partial charge in [-0.1, -0.05) is 35.9 Å². The number of ether oxygens (including phenoxy) is 1. The molecule has 0 fully saturated rings. The predicted octanol–water partition coefficient (Wildman–Crippen LogP) is 5.08. The van der Waals surface area contributed by atoms with Crippen molar-refractivity contribution in [2.75, 3.05) is 5.73 Å². The SMILES string of the molecule is C=CCn1cc(C(=O)Cc2ccc(Oc3cccc(N)c3Cl)nn2)c(=O)c(-c2ccc(F)cc2)c1. The van der Waals surface area contributed by atoms with Gasteiger partial charge < -0.3 is 15.0 Å². The fourth-order valence-corrected chi connectivity index (χ4v) is 3.56. The molecule has 0 atom stereocenters. The van der Waals surface area contributed by atoms with Crippen molar-refractivity contribution in [3.05, 3.63) is 112 Å². The van der Waals surface area contributed by atoms with Crippen molar-refractivity contribution in [3.63, 3.8) is 0 Å². The molecule has 2 aromatic heterocycles. The molecular formula is C26H20ClFN4O3. The molecule has 0 aliphatic carbocycles. The quantitative estimate of drug-likeness (QED) is 0.210. The van der Waals surface area contributed by atoms with Crippen molar-refractivity contribution >= 4 is 23.1 Å². The van der Waals surface area contributed by atoms with Crippen LogP contribution >= 0.6 is 11.6 Å². The maximum Gasteiger partial charge on any atom is 0.238 e. The first-order valence-electron chi connectivity index (χ1n) is 10.5. The number of aromatic nitrogens is 3. The second kappa shape index (κ2) is 10.3. The molecule has 35 heavy (non-hydrogen) atoms. The third-order valence-corrected chi connectivity index (χ3v) is 5.52. The number of nitrogens with zero attached hydrogens (tertiary/aromatic N) is 3. The lowest BCUT2D eigenvalue weighted by atomic mass is 10.0. The molecule has 2 aromatic carbocycles. The van der Waals surface area contributed by atoms with Crippen LogP contribution in [0.2, 0.25) is 5.02 Å². The van der Waals surface area contributed by atoms with Crippen LogP contribution in [0.25, 0.3) is 11.1 Å². The lowest BCUT2D eigenvalue weighted by Gasteiger charge is -2.11. The van der Waals surface area contributed by atoms with E-state index in [0.29, 0.717) is 29.2 Å². The average molecular weight is 491 g/mol. The summed E-state index contributed by atoms with van der Waals surface area (Å²) in [6.45, 7) is 4.09. The summed E-state index contributed by atoms with van der Waals surface area (Å²) in [6, 6.07) is 13.6. The van der Waals surface area contributed by atoms with Gasteiger partial charge in [0.15, 0.2) is 11.2 Å². The van der Waals surface area contributed by atoms with Crippen LogP contribution in [0.4, 0.5) is 10.1 Å². The number of halogens is 2. The topological polar surface area (TPSA) is 100 Å². The first kappa shape index (κ1) is 23.8. The third kappa shape index (κ3) is 5.44. The van der Waals surface area contributed by atoms with Gasteiger partial charge in [0.2, 0.25) is 5.88 Å². The number of carbonyl (C=O) groups excluding carboxylic acids is 1. The van der Waals surface area contributed by atoms with Crippen LogP contribution in [0.1, 0.15) is 16.1 Å². The van der Waals surface area contributed by atoms with Gasteiger partial charge in [-0.2, -0.15) is 5.10 Å². The second-order valence-corrected chi connectivity index (χ2v) is 8.01. The monoisotopic (exact) mass is 490 g/mol. The molecule has 0 bridgehead atoms. The van der Waals surface area contributed by atoms with E-state index in [1.165, 1.54) is 30.5 Å². The summed E-state index contributed by atoms with van der Waals surface area (Å²) in [4.78, 5) is 26.2. The Balaban J connectivity index is 1.58. The van der Waals surface area contributed by atoms with E-state index in [1.807, 2.05) is 0 Å². The van der Waals surface area contributed by atoms with E-state index in [9.17, 15) is 14.0 Å². The molecule has 0 amide bonds. The number of hydrogen-bond donors (Lipinski definition) is 1. The molecule has 4 aromatic rings. The van der Waals surface area contributed by atoms with Gasteiger partial charge in [0, 0.05) is 30.6 Å². The van der Waals surface area contributed by atoms with Crippen LogP contribution in [0.15, 0.2) is 84.4 Å². The average Bonchev–Trinajstić information content (AvgIpc) is 2.85. The van der Waals surface area contributed by atoms with Gasteiger partial charge in [0.1, 0.15) is 16.6 Å². The largest absolute Gasteiger partial charge is 0.436 e. The first-order valence-corrected chi connectivity index (χ1v) is 10.9. The normalized spacial score (nSPS) is 10.7. The third-order valence-electron chi connectivity index (χ3n) is 5.12. The molecule has 9 heteroatoms. The van der Waals surface area contributed by atoms with Gasteiger partial charge in [-0.3, -0.25) is 9.59 Å². The summed E-state index contributed by atoms with van der Waals surface area (Å²) in [5.41, 5.74) is 6.81. The highest BCUT2D eigenvalue weighted by atomic mass is 35.5. The smallest absolute Gasteiger partial charge is 0.238 e. The fraction of sp³-hybridized carbons (Fsp3) is 0.0769. The minimum Gasteiger partial charge on any atom is -0.436 e. The lowest BCUT2D eigenvalue weighted by molar-refractivity contribution is 0.0990. The zero-order chi connectivity index (χ0) is 24.9. The number of nitrogen functional groups attached to an aromatic ring is 1. The Morgan fingerprint density at radius 3 is 2.57 bits per heavy atom. The van der Waals surface area contributed by atoms with Crippen LogP contribution in [0, 0.1) is 5.82 Å². The molecule has 0 radical (unpaired) electrons. The van der Waals surface area contributed by atoms with E-state index in [2.05, 4.69) is 16.8 Å². The number of Topliss-reactive ketones (excluding diaryl/α,β-unsaturated/α-hetero) is 1. The van der Waals surface area contributed by atoms with E-state index in [-0.39, 0.29) is 28.5 Å². The number of allylic oxidation sites excluding steroid dienone is 1. The maximum atomic E-state index is 13.4. The molecule has 0 saturated carbocycles. The zero-order valence-corrected chi connectivity index (χ0v) is 19.2. The van der Waals surface area contributed by atoms with Crippen LogP contribution in [-0.2, 0) is 13.0 Å². The van der Waals surface area contributed by atoms with Crippen LogP contribution in [0.5, 0.6) is 11.6 Å². The summed E-state index contributed by atoms with van der Waals surface area (Å²) >= 11 is 6.13. The summed E-state index contributed by atoms with van der Waals surface area (Å²) < 4.78 is 20.6. The highest BCUT2D eigenvalue weighted by Gasteiger charge is 2.18. The summed E-state index contributed by atoms with van der Waals surface area (Å²) in [7, 11) is 0. The molecule has 2 N–H and O–H groups in total. The van der Waals surface area contributed by atoms with E-state index in [0.717, 1.165) is 0 Å². The first-order chi connectivity index (χ1) is 16.9. The number of carbonyl (C=O) groups is 1. The number of nitrogens with two attached hydrogens (primary N) is 1. The standard InChI is InChI=1S/C26H20ClFN4O3/c1-2-12-32-14-19(16-6-8-17(28)9-7-16)26(34)20(15-32)22(33)13-18-10-11-24(31-30-18)35-23-5-3-4-21(29)25(23)27/h2-11,14-15H,1,12-13,29H2. The summed E-state index contributed by atoms with van der Waals surface area (Å²) in [5, 5.41) is 8.27. The van der Waals surface area contributed by atoms with Gasteiger partial charge in [0.25, 0.3) is 0 Å². The highest BCUT2D eigenvalue weighted by Crippen LogP contribution is 2.32. The predicted molar refractivity (Wildman–Crippen MR) is 132 cm³/mol. The summed E-state index contributed by atoms with van der Waals surface area (Å²) in [6.07, 6.45) is 4.58. The fourth-order valence-electron chi connectivity index (χ4n) is 3.39. The Kier molecular flexibility index (Phi) is 7.03. The minimum absolute atomic E-state index is 0.0117. The molecule has 2 heterocycles. The second-order valence-electron chi connectivity index (χ2n) is 7.63. The van der Waals surface area contributed by atoms with Crippen LogP contribution in [-0.4, -0.2) is 20.5 Å². The zero-order valence-electron chi connectivity index (χ0n) is 18.4. The van der Waals surface area contributed by atoms with Crippen molar-refractivity contribution in [3.8, 4) is 22.8 Å². The molecule has 0 aliphatic heterocycles. The number of rotatable bonds is 8. The molecular weight excluding hydrogens is 471 g/mol. The Morgan fingerprint density at radius 1 is 1.11 bits per heavy atom. The lowest BCUT2D eigenvalue weighted by Crippen LogP contribution is -2.21. The Bertz CT molecular complexity index is 1450. The molecule has 4 rings (SSSR count). The van der Waals surface area contributed by atoms with Gasteiger partial charge in [0.05, 0.1) is 23.4 Å². The van der Waals surface area contributed by atoms with E-state index < -0.39 is 17.0 Å². The van der Waals surface area contributed by atoms with Gasteiger partial charge in [-0.15, -0.1) is 11.7 Å². The molecule has 176 valence electrons. The molecule has 0 unspecified atom stereocenters. The molecule has 0 saturated heterocycles. The Labute approximate surface area is 205 Å². The van der Waals surface area contributed by atoms with Crippen molar-refractivity contribution in [2.45, 2.75) is 13.0 Å². The maximum absolute atomic E-state index is 13.4. The Morgan fingerprint density at radius 2 is 1.89 bits per heavy atom. The van der Waals surface area contributed by atoms with Crippen molar-refractivity contribution in [2.24, 2.45) is 0 Å². The van der Waals surface area contributed by atoms with Gasteiger partial charge in [-0.05, 0) is 35.9 Å². The van der Waals surface area contributed by atoms with Crippen molar-refractivity contribution in [1.82, 2.24) is 14.8 Å². The van der Waals surface area contributed by atoms with Gasteiger partial charge >= 0.3 is 0 Å². The van der Waals surface area contributed by atoms with Gasteiger partial charge in [-0.25, -0.2) is 4.39 Å². The Hall–Kier alpha value is -4.30. The molecule has 7 nitrogen and oxygen atoms in total. The molecule has 0 spiro atoms. The van der Waals surface area contributed by atoms with E-state index in [1.54, 1.807) is 47.2 Å². The van der Waals surface area contributed by atoms with Crippen LogP contribution in [0.3, 0.4) is 0 Å². The number of ketones is 1. The van der Waals surface area contributed by atoms with E-state index in [4.69, 9.17) is 22.1 Å². The minimum atomic E-state index is -0.453. The summed E-state index contributed by atoms with van der Waals surface area (Å²) in [5.74, 6) is -0.361. The van der Waals surface area contributed by atoms with Crippen LogP contribution < -0.4 is 15.9 Å². The number of pyridine rings is 1. The highest BCUT2D eigenvalue weighted by molar-refractivity contribution is 6.34.